The van der Waals surface area contributed by atoms with Crippen LogP contribution >= 0.6 is 24.0 Å². The summed E-state index contributed by atoms with van der Waals surface area (Å²) in [6.07, 6.45) is 0.0501. The third-order valence-electron chi connectivity index (χ3n) is 2.93. The van der Waals surface area contributed by atoms with E-state index in [9.17, 15) is 14.9 Å². The number of ether oxygens (including phenoxy) is 1. The van der Waals surface area contributed by atoms with Crippen molar-refractivity contribution in [2.75, 3.05) is 11.1 Å². The number of hydrogen-bond acceptors (Lipinski definition) is 6. The third-order valence-corrected chi connectivity index (χ3v) is 4.16. The van der Waals surface area contributed by atoms with Gasteiger partial charge in [-0.3, -0.25) is 14.9 Å². The van der Waals surface area contributed by atoms with Gasteiger partial charge in [0.25, 0.3) is 5.69 Å². The van der Waals surface area contributed by atoms with Crippen LogP contribution in [-0.2, 0) is 4.79 Å². The minimum Gasteiger partial charge on any atom is -0.481 e. The molecule has 0 heterocycles. The molecule has 0 unspecified atom stereocenters. The van der Waals surface area contributed by atoms with Crippen molar-refractivity contribution in [2.24, 2.45) is 0 Å². The van der Waals surface area contributed by atoms with Crippen LogP contribution in [0.15, 0.2) is 48.5 Å². The van der Waals surface area contributed by atoms with Crippen LogP contribution in [0.5, 0.6) is 11.5 Å². The highest BCUT2D eigenvalue weighted by molar-refractivity contribution is 8.23. The van der Waals surface area contributed by atoms with Crippen molar-refractivity contribution in [2.45, 2.75) is 6.42 Å². The van der Waals surface area contributed by atoms with Crippen molar-refractivity contribution in [1.82, 2.24) is 0 Å². The van der Waals surface area contributed by atoms with E-state index in [1.54, 1.807) is 24.3 Å². The molecule has 0 spiro atoms. The first-order valence-electron chi connectivity index (χ1n) is 7.12. The Balaban J connectivity index is 1.87. The molecule has 0 radical (unpaired) electrons. The van der Waals surface area contributed by atoms with E-state index in [-0.39, 0.29) is 12.1 Å². The highest BCUT2D eigenvalue weighted by Crippen LogP contribution is 2.25. The largest absolute Gasteiger partial charge is 0.481 e. The molecule has 0 aliphatic heterocycles. The topological polar surface area (TPSA) is 102 Å². The fraction of sp³-hybridized carbons (Fsp3) is 0.125. The second kappa shape index (κ2) is 9.00. The van der Waals surface area contributed by atoms with Gasteiger partial charge < -0.3 is 15.2 Å². The summed E-state index contributed by atoms with van der Waals surface area (Å²) in [7, 11) is 0. The van der Waals surface area contributed by atoms with Crippen molar-refractivity contribution in [3.63, 3.8) is 0 Å². The molecule has 0 saturated heterocycles. The molecule has 2 aromatic rings. The van der Waals surface area contributed by atoms with Crippen LogP contribution in [0.2, 0.25) is 0 Å². The predicted molar refractivity (Wildman–Crippen MR) is 101 cm³/mol. The molecule has 0 amide bonds. The zero-order valence-corrected chi connectivity index (χ0v) is 14.5. The zero-order chi connectivity index (χ0) is 18.2. The molecule has 7 nitrogen and oxygen atoms in total. The number of hydrogen-bond donors (Lipinski definition) is 2. The fourth-order valence-electron chi connectivity index (χ4n) is 1.76. The number of benzene rings is 2. The Morgan fingerprint density at radius 1 is 1.16 bits per heavy atom. The standard InChI is InChI=1S/C16H14N2O5S2/c19-15(20)9-10-25-16(24)17-11-1-5-13(6-2-11)23-14-7-3-12(4-8-14)18(21)22/h1-8H,9-10H2,(H,17,24)(H,19,20). The lowest BCUT2D eigenvalue weighted by Gasteiger charge is -2.09. The molecule has 25 heavy (non-hydrogen) atoms. The molecule has 2 N–H and O–H groups in total. The number of nitrogens with zero attached hydrogens (tertiary/aromatic N) is 1. The summed E-state index contributed by atoms with van der Waals surface area (Å²) in [5.41, 5.74) is 0.754. The predicted octanol–water partition coefficient (Wildman–Crippen LogP) is 4.29. The second-order valence-electron chi connectivity index (χ2n) is 4.78. The van der Waals surface area contributed by atoms with Gasteiger partial charge in [-0.2, -0.15) is 0 Å². The van der Waals surface area contributed by atoms with Crippen LogP contribution in [0, 0.1) is 10.1 Å². The van der Waals surface area contributed by atoms with E-state index >= 15 is 0 Å². The molecule has 130 valence electrons. The number of thiocarbonyl (C=S) groups is 1. The Morgan fingerprint density at radius 2 is 1.72 bits per heavy atom. The number of aliphatic carboxylic acids is 1. The van der Waals surface area contributed by atoms with Crippen LogP contribution < -0.4 is 10.1 Å². The van der Waals surface area contributed by atoms with Gasteiger partial charge in [-0.15, -0.1) is 0 Å². The molecule has 2 rings (SSSR count). The maximum Gasteiger partial charge on any atom is 0.304 e. The van der Waals surface area contributed by atoms with Gasteiger partial charge in [-0.1, -0.05) is 24.0 Å². The molecule has 0 aliphatic rings. The summed E-state index contributed by atoms with van der Waals surface area (Å²) in [6, 6.07) is 12.8. The zero-order valence-electron chi connectivity index (χ0n) is 12.9. The van der Waals surface area contributed by atoms with E-state index in [0.717, 1.165) is 5.69 Å². The first-order valence-corrected chi connectivity index (χ1v) is 8.51. The van der Waals surface area contributed by atoms with Crippen molar-refractivity contribution in [1.29, 1.82) is 0 Å². The van der Waals surface area contributed by atoms with Crippen molar-refractivity contribution >= 4 is 45.6 Å². The molecule has 0 saturated carbocycles. The number of carbonyl (C=O) groups is 1. The Morgan fingerprint density at radius 3 is 2.24 bits per heavy atom. The molecule has 0 aliphatic carbocycles. The summed E-state index contributed by atoms with van der Waals surface area (Å²) in [6.45, 7) is 0. The van der Waals surface area contributed by atoms with E-state index in [2.05, 4.69) is 5.32 Å². The normalized spacial score (nSPS) is 10.1. The van der Waals surface area contributed by atoms with Gasteiger partial charge >= 0.3 is 5.97 Å². The van der Waals surface area contributed by atoms with Crippen molar-refractivity contribution in [3.05, 3.63) is 58.6 Å². The number of carboxylic acid groups (broad SMARTS) is 1. The summed E-state index contributed by atoms with van der Waals surface area (Å²) in [5.74, 6) is 0.612. The number of carboxylic acids is 1. The van der Waals surface area contributed by atoms with Gasteiger partial charge in [0, 0.05) is 23.6 Å². The number of non-ortho nitro benzene ring substituents is 1. The number of nitrogens with one attached hydrogen (secondary N) is 1. The van der Waals surface area contributed by atoms with Crippen LogP contribution in [0.4, 0.5) is 11.4 Å². The molecule has 0 atom stereocenters. The van der Waals surface area contributed by atoms with E-state index in [0.29, 0.717) is 21.6 Å². The van der Waals surface area contributed by atoms with Crippen LogP contribution in [0.25, 0.3) is 0 Å². The number of nitro groups is 1. The minimum absolute atomic E-state index is 0.000748. The molecule has 0 fully saturated rings. The summed E-state index contributed by atoms with van der Waals surface area (Å²) < 4.78 is 6.10. The number of anilines is 1. The molecule has 2 aromatic carbocycles. The van der Waals surface area contributed by atoms with Crippen LogP contribution in [0.3, 0.4) is 0 Å². The fourth-order valence-corrected chi connectivity index (χ4v) is 2.78. The van der Waals surface area contributed by atoms with E-state index < -0.39 is 10.9 Å². The third kappa shape index (κ3) is 6.40. The monoisotopic (exact) mass is 378 g/mol. The first-order chi connectivity index (χ1) is 11.9. The van der Waals surface area contributed by atoms with Gasteiger partial charge in [-0.25, -0.2) is 0 Å². The minimum atomic E-state index is -0.858. The SMILES string of the molecule is O=C(O)CCSC(=S)Nc1ccc(Oc2ccc([N+](=O)[O-])cc2)cc1. The molecular weight excluding hydrogens is 364 g/mol. The van der Waals surface area contributed by atoms with Gasteiger partial charge in [0.2, 0.25) is 0 Å². The second-order valence-corrected chi connectivity index (χ2v) is 6.55. The highest BCUT2D eigenvalue weighted by Gasteiger charge is 2.06. The van der Waals surface area contributed by atoms with Gasteiger partial charge in [0.05, 0.1) is 11.3 Å². The first kappa shape index (κ1) is 18.7. The lowest BCUT2D eigenvalue weighted by Crippen LogP contribution is -2.06. The average molecular weight is 378 g/mol. The van der Waals surface area contributed by atoms with Crippen LogP contribution in [-0.4, -0.2) is 26.1 Å². The van der Waals surface area contributed by atoms with E-state index in [1.165, 1.54) is 36.0 Å². The molecule has 9 heteroatoms. The maximum absolute atomic E-state index is 10.6. The summed E-state index contributed by atoms with van der Waals surface area (Å²) >= 11 is 6.39. The van der Waals surface area contributed by atoms with E-state index in [1.807, 2.05) is 0 Å². The smallest absolute Gasteiger partial charge is 0.304 e. The Kier molecular flexibility index (Phi) is 6.72. The van der Waals surface area contributed by atoms with Gasteiger partial charge in [0.15, 0.2) is 0 Å². The Hall–Kier alpha value is -2.65. The molecule has 0 bridgehead atoms. The molecule has 0 aromatic heterocycles. The number of rotatable bonds is 7. The van der Waals surface area contributed by atoms with E-state index in [4.69, 9.17) is 22.1 Å². The summed E-state index contributed by atoms with van der Waals surface area (Å²) in [4.78, 5) is 20.6. The number of nitro benzene ring substituents is 1. The van der Waals surface area contributed by atoms with Crippen molar-refractivity contribution in [3.8, 4) is 11.5 Å². The quantitative estimate of drug-likeness (QED) is 0.418. The maximum atomic E-state index is 10.6. The van der Waals surface area contributed by atoms with Gasteiger partial charge in [-0.05, 0) is 36.4 Å². The lowest BCUT2D eigenvalue weighted by molar-refractivity contribution is -0.384. The lowest BCUT2D eigenvalue weighted by atomic mass is 10.3. The molecular formula is C16H14N2O5S2. The number of thioether (sulfide) groups is 1. The Labute approximate surface area is 153 Å². The van der Waals surface area contributed by atoms with Gasteiger partial charge in [0.1, 0.15) is 15.8 Å². The average Bonchev–Trinajstić information content (AvgIpc) is 2.57. The van der Waals surface area contributed by atoms with Crippen LogP contribution in [0.1, 0.15) is 6.42 Å². The summed E-state index contributed by atoms with van der Waals surface area (Å²) in [5, 5.41) is 22.2. The Bertz CT molecular complexity index is 763. The highest BCUT2D eigenvalue weighted by atomic mass is 32.2. The van der Waals surface area contributed by atoms with Crippen molar-refractivity contribution < 1.29 is 19.6 Å².